The van der Waals surface area contributed by atoms with Gasteiger partial charge in [-0.25, -0.2) is 13.6 Å². The predicted molar refractivity (Wildman–Crippen MR) is 51.9 cm³/mol. The van der Waals surface area contributed by atoms with Crippen LogP contribution in [0.3, 0.4) is 0 Å². The van der Waals surface area contributed by atoms with E-state index < -0.39 is 21.8 Å². The molecule has 6 heteroatoms. The third-order valence-corrected chi connectivity index (χ3v) is 2.02. The molecule has 5 nitrogen and oxygen atoms in total. The summed E-state index contributed by atoms with van der Waals surface area (Å²) in [5.41, 5.74) is 0.399. The van der Waals surface area contributed by atoms with Crippen molar-refractivity contribution in [2.45, 2.75) is 0 Å². The standard InChI is InChI=1S/C8H10N2O3S/c9-14(12,13)6-10-8(11)7-4-2-1-3-5-7/h1-5H,6H2,(H,10,11)(H2,9,12,13). The van der Waals surface area contributed by atoms with Crippen molar-refractivity contribution in [2.75, 3.05) is 5.88 Å². The Balaban J connectivity index is 2.61. The van der Waals surface area contributed by atoms with E-state index in [1.54, 1.807) is 30.3 Å². The fraction of sp³-hybridized carbons (Fsp3) is 0.125. The van der Waals surface area contributed by atoms with Crippen LogP contribution in [-0.2, 0) is 10.0 Å². The number of hydrogen-bond acceptors (Lipinski definition) is 3. The molecule has 76 valence electrons. The number of carbonyl (C=O) groups excluding carboxylic acids is 1. The van der Waals surface area contributed by atoms with Crippen LogP contribution in [0.2, 0.25) is 0 Å². The van der Waals surface area contributed by atoms with Gasteiger partial charge in [0.05, 0.1) is 0 Å². The molecule has 0 fully saturated rings. The van der Waals surface area contributed by atoms with Gasteiger partial charge in [-0.3, -0.25) is 4.79 Å². The molecular weight excluding hydrogens is 204 g/mol. The Labute approximate surface area is 82.0 Å². The average molecular weight is 214 g/mol. The minimum Gasteiger partial charge on any atom is -0.337 e. The zero-order chi connectivity index (χ0) is 10.6. The number of hydrogen-bond donors (Lipinski definition) is 2. The first-order valence-corrected chi connectivity index (χ1v) is 5.54. The van der Waals surface area contributed by atoms with Gasteiger partial charge in [-0.15, -0.1) is 0 Å². The summed E-state index contributed by atoms with van der Waals surface area (Å²) in [6, 6.07) is 8.30. The minimum atomic E-state index is -3.66. The van der Waals surface area contributed by atoms with Crippen LogP contribution in [0, 0.1) is 0 Å². The average Bonchev–Trinajstić information content (AvgIpc) is 2.14. The molecule has 0 radical (unpaired) electrons. The second kappa shape index (κ2) is 4.21. The number of rotatable bonds is 3. The molecule has 0 saturated carbocycles. The largest absolute Gasteiger partial charge is 0.337 e. The van der Waals surface area contributed by atoms with Crippen molar-refractivity contribution in [3.05, 3.63) is 35.9 Å². The molecule has 0 atom stereocenters. The summed E-state index contributed by atoms with van der Waals surface area (Å²) in [7, 11) is -3.66. The van der Waals surface area contributed by atoms with Gasteiger partial charge in [0.2, 0.25) is 10.0 Å². The van der Waals surface area contributed by atoms with Gasteiger partial charge in [0.15, 0.2) is 0 Å². The van der Waals surface area contributed by atoms with Crippen molar-refractivity contribution >= 4 is 15.9 Å². The van der Waals surface area contributed by atoms with Crippen molar-refractivity contribution in [3.8, 4) is 0 Å². The van der Waals surface area contributed by atoms with Gasteiger partial charge in [0, 0.05) is 5.56 Å². The highest BCUT2D eigenvalue weighted by Gasteiger charge is 2.07. The number of benzene rings is 1. The molecule has 14 heavy (non-hydrogen) atoms. The topological polar surface area (TPSA) is 89.3 Å². The first-order chi connectivity index (χ1) is 6.49. The normalized spacial score (nSPS) is 10.9. The zero-order valence-corrected chi connectivity index (χ0v) is 8.12. The van der Waals surface area contributed by atoms with Crippen LogP contribution in [0.1, 0.15) is 10.4 Å². The molecule has 0 aliphatic heterocycles. The first-order valence-electron chi connectivity index (χ1n) is 3.83. The van der Waals surface area contributed by atoms with E-state index >= 15 is 0 Å². The summed E-state index contributed by atoms with van der Waals surface area (Å²) in [6.45, 7) is 0. The molecule has 0 heterocycles. The quantitative estimate of drug-likeness (QED) is 0.721. The van der Waals surface area contributed by atoms with Gasteiger partial charge in [-0.05, 0) is 12.1 Å². The number of sulfonamides is 1. The van der Waals surface area contributed by atoms with Crippen molar-refractivity contribution in [3.63, 3.8) is 0 Å². The summed E-state index contributed by atoms with van der Waals surface area (Å²) >= 11 is 0. The highest BCUT2D eigenvalue weighted by atomic mass is 32.2. The number of carbonyl (C=O) groups is 1. The van der Waals surface area contributed by atoms with E-state index in [1.807, 2.05) is 0 Å². The zero-order valence-electron chi connectivity index (χ0n) is 7.30. The number of primary sulfonamides is 1. The molecule has 0 aromatic heterocycles. The Hall–Kier alpha value is -1.40. The van der Waals surface area contributed by atoms with Crippen molar-refractivity contribution in [1.29, 1.82) is 0 Å². The molecule has 1 amide bonds. The lowest BCUT2D eigenvalue weighted by atomic mass is 10.2. The Bertz CT molecular complexity index is 413. The van der Waals surface area contributed by atoms with Crippen LogP contribution >= 0.6 is 0 Å². The van der Waals surface area contributed by atoms with Gasteiger partial charge >= 0.3 is 0 Å². The van der Waals surface area contributed by atoms with Gasteiger partial charge < -0.3 is 5.32 Å². The highest BCUT2D eigenvalue weighted by molar-refractivity contribution is 7.89. The molecule has 1 aromatic rings. The summed E-state index contributed by atoms with van der Waals surface area (Å²) in [5.74, 6) is -1.01. The van der Waals surface area contributed by atoms with E-state index in [1.165, 1.54) is 0 Å². The summed E-state index contributed by atoms with van der Waals surface area (Å²) in [4.78, 5) is 11.3. The minimum absolute atomic E-state index is 0.399. The lowest BCUT2D eigenvalue weighted by molar-refractivity contribution is 0.0960. The van der Waals surface area contributed by atoms with E-state index in [9.17, 15) is 13.2 Å². The SMILES string of the molecule is NS(=O)(=O)CNC(=O)c1ccccc1. The third kappa shape index (κ3) is 3.55. The molecule has 0 saturated heterocycles. The van der Waals surface area contributed by atoms with Crippen molar-refractivity contribution in [2.24, 2.45) is 5.14 Å². The van der Waals surface area contributed by atoms with Crippen LogP contribution in [0.4, 0.5) is 0 Å². The van der Waals surface area contributed by atoms with Crippen LogP contribution in [-0.4, -0.2) is 20.2 Å². The third-order valence-electron chi connectivity index (χ3n) is 1.47. The maximum absolute atomic E-state index is 11.3. The Kier molecular flexibility index (Phi) is 3.21. The molecule has 0 bridgehead atoms. The Morgan fingerprint density at radius 1 is 1.29 bits per heavy atom. The second-order valence-corrected chi connectivity index (χ2v) is 4.29. The van der Waals surface area contributed by atoms with Gasteiger partial charge in [-0.2, -0.15) is 0 Å². The Morgan fingerprint density at radius 3 is 2.36 bits per heavy atom. The lowest BCUT2D eigenvalue weighted by Gasteiger charge is -2.02. The summed E-state index contributed by atoms with van der Waals surface area (Å²) < 4.78 is 21.1. The predicted octanol–water partition coefficient (Wildman–Crippen LogP) is -0.338. The maximum Gasteiger partial charge on any atom is 0.252 e. The molecule has 3 N–H and O–H groups in total. The first kappa shape index (κ1) is 10.7. The van der Waals surface area contributed by atoms with Crippen LogP contribution in [0.25, 0.3) is 0 Å². The summed E-state index contributed by atoms with van der Waals surface area (Å²) in [6.07, 6.45) is 0. The van der Waals surface area contributed by atoms with Gasteiger partial charge in [0.25, 0.3) is 5.91 Å². The molecule has 0 aliphatic rings. The van der Waals surface area contributed by atoms with E-state index in [4.69, 9.17) is 5.14 Å². The summed E-state index contributed by atoms with van der Waals surface area (Å²) in [5, 5.41) is 6.91. The second-order valence-electron chi connectivity index (χ2n) is 2.68. The fourth-order valence-corrected chi connectivity index (χ4v) is 1.19. The molecule has 0 spiro atoms. The van der Waals surface area contributed by atoms with Crippen molar-refractivity contribution in [1.82, 2.24) is 5.32 Å². The maximum atomic E-state index is 11.3. The monoisotopic (exact) mass is 214 g/mol. The lowest BCUT2D eigenvalue weighted by Crippen LogP contribution is -2.33. The smallest absolute Gasteiger partial charge is 0.252 e. The van der Waals surface area contributed by atoms with Crippen LogP contribution in [0.15, 0.2) is 30.3 Å². The van der Waals surface area contributed by atoms with E-state index in [-0.39, 0.29) is 0 Å². The number of nitrogens with one attached hydrogen (secondary N) is 1. The van der Waals surface area contributed by atoms with Crippen LogP contribution in [0.5, 0.6) is 0 Å². The van der Waals surface area contributed by atoms with E-state index in [0.29, 0.717) is 5.56 Å². The van der Waals surface area contributed by atoms with Crippen molar-refractivity contribution < 1.29 is 13.2 Å². The van der Waals surface area contributed by atoms with E-state index in [0.717, 1.165) is 0 Å². The number of nitrogens with two attached hydrogens (primary N) is 1. The number of amides is 1. The fourth-order valence-electron chi connectivity index (χ4n) is 0.858. The molecular formula is C8H10N2O3S. The Morgan fingerprint density at radius 2 is 1.86 bits per heavy atom. The molecule has 0 aliphatic carbocycles. The molecule has 0 unspecified atom stereocenters. The highest BCUT2D eigenvalue weighted by Crippen LogP contribution is 1.97. The molecule has 1 rings (SSSR count). The van der Waals surface area contributed by atoms with E-state index in [2.05, 4.69) is 5.32 Å². The van der Waals surface area contributed by atoms with Gasteiger partial charge in [0.1, 0.15) is 5.88 Å². The van der Waals surface area contributed by atoms with Gasteiger partial charge in [-0.1, -0.05) is 18.2 Å². The molecule has 1 aromatic carbocycles. The van der Waals surface area contributed by atoms with Crippen LogP contribution < -0.4 is 10.5 Å².